The SMILES string of the molecule is Cc1nc2ccccc2c(=O)n1[C@H](C)C(=O)Nc1ccc(Br)c(C(F)(F)F)c1. The molecule has 1 amide bonds. The fourth-order valence-corrected chi connectivity index (χ4v) is 3.37. The van der Waals surface area contributed by atoms with Crippen molar-refractivity contribution in [3.05, 3.63) is 68.7 Å². The molecular weight excluding hydrogens is 439 g/mol. The highest BCUT2D eigenvalue weighted by atomic mass is 79.9. The van der Waals surface area contributed by atoms with Crippen molar-refractivity contribution >= 4 is 38.4 Å². The molecule has 0 aliphatic heterocycles. The van der Waals surface area contributed by atoms with E-state index in [-0.39, 0.29) is 10.2 Å². The largest absolute Gasteiger partial charge is 0.417 e. The molecule has 0 saturated carbocycles. The van der Waals surface area contributed by atoms with Gasteiger partial charge in [-0.05, 0) is 44.2 Å². The number of halogens is 4. The average molecular weight is 454 g/mol. The van der Waals surface area contributed by atoms with Crippen LogP contribution in [0.4, 0.5) is 18.9 Å². The Morgan fingerprint density at radius 3 is 2.57 bits per heavy atom. The van der Waals surface area contributed by atoms with Crippen molar-refractivity contribution in [2.24, 2.45) is 0 Å². The van der Waals surface area contributed by atoms with Crippen molar-refractivity contribution in [1.29, 1.82) is 0 Å². The second-order valence-electron chi connectivity index (χ2n) is 6.21. The number of para-hydroxylation sites is 1. The summed E-state index contributed by atoms with van der Waals surface area (Å²) in [6.45, 7) is 3.09. The van der Waals surface area contributed by atoms with Crippen molar-refractivity contribution < 1.29 is 18.0 Å². The predicted molar refractivity (Wildman–Crippen MR) is 103 cm³/mol. The second-order valence-corrected chi connectivity index (χ2v) is 7.06. The molecule has 0 saturated heterocycles. The molecule has 2 aromatic carbocycles. The van der Waals surface area contributed by atoms with Crippen LogP contribution < -0.4 is 10.9 Å². The van der Waals surface area contributed by atoms with Crippen LogP contribution in [0.3, 0.4) is 0 Å². The van der Waals surface area contributed by atoms with E-state index in [1.807, 2.05) is 0 Å². The first-order valence-corrected chi connectivity index (χ1v) is 9.04. The van der Waals surface area contributed by atoms with Crippen LogP contribution >= 0.6 is 15.9 Å². The van der Waals surface area contributed by atoms with Crippen molar-refractivity contribution in [3.63, 3.8) is 0 Å². The molecule has 1 aromatic heterocycles. The number of fused-ring (bicyclic) bond motifs is 1. The summed E-state index contributed by atoms with van der Waals surface area (Å²) in [6.07, 6.45) is -4.57. The topological polar surface area (TPSA) is 64.0 Å². The number of anilines is 1. The zero-order chi connectivity index (χ0) is 20.6. The van der Waals surface area contributed by atoms with Crippen LogP contribution in [0.25, 0.3) is 10.9 Å². The average Bonchev–Trinajstić information content (AvgIpc) is 2.62. The number of hydrogen-bond donors (Lipinski definition) is 1. The molecule has 28 heavy (non-hydrogen) atoms. The van der Waals surface area contributed by atoms with E-state index in [1.54, 1.807) is 31.2 Å². The molecule has 0 bridgehead atoms. The highest BCUT2D eigenvalue weighted by Gasteiger charge is 2.33. The summed E-state index contributed by atoms with van der Waals surface area (Å²) in [5, 5.41) is 2.79. The lowest BCUT2D eigenvalue weighted by Crippen LogP contribution is -2.33. The van der Waals surface area contributed by atoms with E-state index in [0.717, 1.165) is 6.07 Å². The maximum atomic E-state index is 13.0. The van der Waals surface area contributed by atoms with Gasteiger partial charge in [0.2, 0.25) is 5.91 Å². The van der Waals surface area contributed by atoms with Gasteiger partial charge in [0.1, 0.15) is 11.9 Å². The van der Waals surface area contributed by atoms with Gasteiger partial charge in [-0.15, -0.1) is 0 Å². The molecule has 5 nitrogen and oxygen atoms in total. The molecule has 9 heteroatoms. The highest BCUT2D eigenvalue weighted by molar-refractivity contribution is 9.10. The van der Waals surface area contributed by atoms with E-state index in [9.17, 15) is 22.8 Å². The first kappa shape index (κ1) is 20.1. The van der Waals surface area contributed by atoms with E-state index in [2.05, 4.69) is 26.2 Å². The zero-order valence-electron chi connectivity index (χ0n) is 14.8. The van der Waals surface area contributed by atoms with Crippen molar-refractivity contribution in [3.8, 4) is 0 Å². The lowest BCUT2D eigenvalue weighted by molar-refractivity contribution is -0.138. The molecule has 0 unspecified atom stereocenters. The van der Waals surface area contributed by atoms with Crippen LogP contribution in [0.1, 0.15) is 24.4 Å². The van der Waals surface area contributed by atoms with Gasteiger partial charge in [-0.2, -0.15) is 13.2 Å². The van der Waals surface area contributed by atoms with Gasteiger partial charge in [0, 0.05) is 10.2 Å². The number of nitrogens with zero attached hydrogens (tertiary/aromatic N) is 2. The maximum absolute atomic E-state index is 13.0. The monoisotopic (exact) mass is 453 g/mol. The van der Waals surface area contributed by atoms with Gasteiger partial charge in [-0.3, -0.25) is 14.2 Å². The smallest absolute Gasteiger partial charge is 0.324 e. The van der Waals surface area contributed by atoms with Crippen LogP contribution in [0.5, 0.6) is 0 Å². The third kappa shape index (κ3) is 3.80. The summed E-state index contributed by atoms with van der Waals surface area (Å²) < 4.78 is 40.2. The number of carbonyl (C=O) groups is 1. The molecule has 1 N–H and O–H groups in total. The first-order valence-electron chi connectivity index (χ1n) is 8.25. The van der Waals surface area contributed by atoms with Gasteiger partial charge >= 0.3 is 6.18 Å². The summed E-state index contributed by atoms with van der Waals surface area (Å²) >= 11 is 2.85. The molecule has 1 atom stereocenters. The number of benzene rings is 2. The number of aromatic nitrogens is 2. The Bertz CT molecular complexity index is 1130. The van der Waals surface area contributed by atoms with Gasteiger partial charge in [-0.1, -0.05) is 28.1 Å². The van der Waals surface area contributed by atoms with Gasteiger partial charge < -0.3 is 5.32 Å². The third-order valence-corrected chi connectivity index (χ3v) is 4.98. The molecule has 1 heterocycles. The predicted octanol–water partition coefficient (Wildman–Crippen LogP) is 4.69. The lowest BCUT2D eigenvalue weighted by Gasteiger charge is -2.18. The molecular formula is C19H15BrF3N3O2. The van der Waals surface area contributed by atoms with Crippen LogP contribution in [-0.2, 0) is 11.0 Å². The summed E-state index contributed by atoms with van der Waals surface area (Å²) in [5.41, 5.74) is -0.806. The molecule has 3 rings (SSSR count). The molecule has 0 radical (unpaired) electrons. The molecule has 0 aliphatic rings. The third-order valence-electron chi connectivity index (χ3n) is 4.29. The Kier molecular flexibility index (Phi) is 5.29. The second kappa shape index (κ2) is 7.38. The minimum absolute atomic E-state index is 0.0215. The van der Waals surface area contributed by atoms with Crippen molar-refractivity contribution in [2.75, 3.05) is 5.32 Å². The normalized spacial score (nSPS) is 12.8. The minimum Gasteiger partial charge on any atom is -0.324 e. The summed E-state index contributed by atoms with van der Waals surface area (Å²) in [7, 11) is 0. The standard InChI is InChI=1S/C19H15BrF3N3O2/c1-10(26-11(2)24-16-6-4-3-5-13(16)18(26)28)17(27)25-12-7-8-15(20)14(9-12)19(21,22)23/h3-10H,1-2H3,(H,25,27)/t10-/m1/s1. The fraction of sp³-hybridized carbons (Fsp3) is 0.211. The molecule has 0 aliphatic carbocycles. The summed E-state index contributed by atoms with van der Waals surface area (Å²) in [4.78, 5) is 29.7. The Labute approximate surface area is 166 Å². The Morgan fingerprint density at radius 2 is 1.89 bits per heavy atom. The number of amides is 1. The molecule has 0 fully saturated rings. The lowest BCUT2D eigenvalue weighted by atomic mass is 10.2. The molecule has 3 aromatic rings. The van der Waals surface area contributed by atoms with E-state index in [4.69, 9.17) is 0 Å². The summed E-state index contributed by atoms with van der Waals surface area (Å²) in [6, 6.07) is 9.16. The minimum atomic E-state index is -4.57. The maximum Gasteiger partial charge on any atom is 0.417 e. The number of hydrogen-bond acceptors (Lipinski definition) is 3. The zero-order valence-corrected chi connectivity index (χ0v) is 16.4. The van der Waals surface area contributed by atoms with Gasteiger partial charge in [0.05, 0.1) is 16.5 Å². The van der Waals surface area contributed by atoms with Crippen LogP contribution in [-0.4, -0.2) is 15.5 Å². The Balaban J connectivity index is 1.94. The summed E-state index contributed by atoms with van der Waals surface area (Å²) in [5.74, 6) is -0.295. The molecule has 0 spiro atoms. The molecule has 146 valence electrons. The number of rotatable bonds is 3. The first-order chi connectivity index (χ1) is 13.1. The highest BCUT2D eigenvalue weighted by Crippen LogP contribution is 2.36. The van der Waals surface area contributed by atoms with Crippen LogP contribution in [0.2, 0.25) is 0 Å². The van der Waals surface area contributed by atoms with E-state index >= 15 is 0 Å². The Morgan fingerprint density at radius 1 is 1.21 bits per heavy atom. The fourth-order valence-electron chi connectivity index (χ4n) is 2.90. The number of alkyl halides is 3. The van der Waals surface area contributed by atoms with Gasteiger partial charge in [-0.25, -0.2) is 4.98 Å². The van der Waals surface area contributed by atoms with Crippen LogP contribution in [0, 0.1) is 6.92 Å². The van der Waals surface area contributed by atoms with Crippen molar-refractivity contribution in [1.82, 2.24) is 9.55 Å². The van der Waals surface area contributed by atoms with Crippen LogP contribution in [0.15, 0.2) is 51.7 Å². The van der Waals surface area contributed by atoms with Crippen molar-refractivity contribution in [2.45, 2.75) is 26.1 Å². The van der Waals surface area contributed by atoms with E-state index in [1.165, 1.54) is 23.6 Å². The van der Waals surface area contributed by atoms with E-state index < -0.39 is 29.2 Å². The number of nitrogens with one attached hydrogen (secondary N) is 1. The Hall–Kier alpha value is -2.68. The number of carbonyl (C=O) groups excluding carboxylic acids is 1. The van der Waals surface area contributed by atoms with Gasteiger partial charge in [0.25, 0.3) is 5.56 Å². The quantitative estimate of drug-likeness (QED) is 0.625. The van der Waals surface area contributed by atoms with E-state index in [0.29, 0.717) is 16.7 Å². The van der Waals surface area contributed by atoms with Gasteiger partial charge in [0.15, 0.2) is 0 Å². The number of aryl methyl sites for hydroxylation is 1.